The van der Waals surface area contributed by atoms with Crippen molar-refractivity contribution in [1.82, 2.24) is 0 Å². The van der Waals surface area contributed by atoms with Gasteiger partial charge in [0.25, 0.3) is 0 Å². The van der Waals surface area contributed by atoms with Crippen LogP contribution in [0.15, 0.2) is 29.2 Å². The Hall–Kier alpha value is -1.03. The van der Waals surface area contributed by atoms with Gasteiger partial charge in [0.05, 0.1) is 16.3 Å². The van der Waals surface area contributed by atoms with Gasteiger partial charge >= 0.3 is 0 Å². The fourth-order valence-electron chi connectivity index (χ4n) is 3.28. The molecule has 1 fully saturated rings. The van der Waals surface area contributed by atoms with E-state index in [0.29, 0.717) is 22.8 Å². The summed E-state index contributed by atoms with van der Waals surface area (Å²) < 4.78 is 24.8. The molecule has 0 saturated heterocycles. The molecule has 0 aromatic heterocycles. The van der Waals surface area contributed by atoms with Crippen molar-refractivity contribution in [1.29, 1.82) is 0 Å². The summed E-state index contributed by atoms with van der Waals surface area (Å²) >= 11 is 0. The molecule has 4 heteroatoms. The molecule has 1 aromatic carbocycles. The van der Waals surface area contributed by atoms with E-state index in [9.17, 15) is 8.42 Å². The first-order valence-corrected chi connectivity index (χ1v) is 9.58. The quantitative estimate of drug-likeness (QED) is 0.884. The summed E-state index contributed by atoms with van der Waals surface area (Å²) in [6, 6.07) is 7.69. The maximum Gasteiger partial charge on any atom is 0.180 e. The zero-order chi connectivity index (χ0) is 15.5. The molecule has 1 aliphatic carbocycles. The first-order valence-electron chi connectivity index (χ1n) is 7.92. The molecular formula is C17H27NO2S. The highest BCUT2D eigenvalue weighted by Gasteiger charge is 2.28. The Morgan fingerprint density at radius 3 is 2.67 bits per heavy atom. The molecule has 0 heterocycles. The molecule has 1 N–H and O–H groups in total. The highest BCUT2D eigenvalue weighted by atomic mass is 32.2. The van der Waals surface area contributed by atoms with Gasteiger partial charge in [0, 0.05) is 6.04 Å². The molecule has 1 aromatic rings. The van der Waals surface area contributed by atoms with E-state index in [1.807, 2.05) is 19.1 Å². The van der Waals surface area contributed by atoms with E-state index in [1.165, 1.54) is 12.8 Å². The van der Waals surface area contributed by atoms with Gasteiger partial charge in [-0.05, 0) is 43.2 Å². The van der Waals surface area contributed by atoms with E-state index in [2.05, 4.69) is 19.2 Å². The van der Waals surface area contributed by atoms with E-state index < -0.39 is 9.84 Å². The largest absolute Gasteiger partial charge is 0.381 e. The summed E-state index contributed by atoms with van der Waals surface area (Å²) in [5.74, 6) is 0.210. The minimum atomic E-state index is -3.18. The molecule has 0 amide bonds. The average molecular weight is 309 g/mol. The topological polar surface area (TPSA) is 46.2 Å². The number of anilines is 1. The number of hydrogen-bond donors (Lipinski definition) is 1. The van der Waals surface area contributed by atoms with E-state index in [0.717, 1.165) is 18.5 Å². The number of hydrogen-bond acceptors (Lipinski definition) is 3. The van der Waals surface area contributed by atoms with Crippen LogP contribution in [-0.4, -0.2) is 20.2 Å². The van der Waals surface area contributed by atoms with Crippen molar-refractivity contribution < 1.29 is 8.42 Å². The Morgan fingerprint density at radius 1 is 1.29 bits per heavy atom. The predicted molar refractivity (Wildman–Crippen MR) is 88.4 cm³/mol. The van der Waals surface area contributed by atoms with Crippen LogP contribution in [0.3, 0.4) is 0 Å². The minimum absolute atomic E-state index is 0.210. The zero-order valence-electron chi connectivity index (χ0n) is 13.4. The standard InChI is InChI=1S/C17H27NO2S/c1-4-12-21(19,20)16-10-6-5-9-15(16)18-14-8-7-11-17(2,3)13-14/h5-6,9-10,14,18H,4,7-8,11-13H2,1-3H3. The second-order valence-electron chi connectivity index (χ2n) is 6.92. The lowest BCUT2D eigenvalue weighted by molar-refractivity contribution is 0.229. The SMILES string of the molecule is CCCS(=O)(=O)c1ccccc1NC1CCCC(C)(C)C1. The predicted octanol–water partition coefficient (Wildman–Crippen LogP) is 4.25. The Bertz CT molecular complexity index is 578. The molecule has 0 spiro atoms. The summed E-state index contributed by atoms with van der Waals surface area (Å²) in [6.07, 6.45) is 5.31. The van der Waals surface area contributed by atoms with Gasteiger partial charge in [-0.1, -0.05) is 39.3 Å². The van der Waals surface area contributed by atoms with E-state index in [4.69, 9.17) is 0 Å². The molecule has 1 saturated carbocycles. The highest BCUT2D eigenvalue weighted by molar-refractivity contribution is 7.91. The third kappa shape index (κ3) is 4.22. The van der Waals surface area contributed by atoms with Crippen molar-refractivity contribution in [2.24, 2.45) is 5.41 Å². The van der Waals surface area contributed by atoms with Crippen LogP contribution in [0.25, 0.3) is 0 Å². The summed E-state index contributed by atoms with van der Waals surface area (Å²) in [6.45, 7) is 6.48. The Balaban J connectivity index is 2.21. The maximum absolute atomic E-state index is 12.4. The lowest BCUT2D eigenvalue weighted by atomic mass is 9.75. The first kappa shape index (κ1) is 16.3. The van der Waals surface area contributed by atoms with Gasteiger partial charge in [-0.25, -0.2) is 8.42 Å². The number of nitrogens with one attached hydrogen (secondary N) is 1. The molecule has 2 rings (SSSR count). The van der Waals surface area contributed by atoms with Crippen molar-refractivity contribution >= 4 is 15.5 Å². The lowest BCUT2D eigenvalue weighted by Gasteiger charge is -2.36. The fourth-order valence-corrected chi connectivity index (χ4v) is 4.78. The van der Waals surface area contributed by atoms with Crippen LogP contribution in [0.2, 0.25) is 0 Å². The Kier molecular flexibility index (Phi) is 4.97. The number of para-hydroxylation sites is 1. The number of benzene rings is 1. The molecule has 118 valence electrons. The minimum Gasteiger partial charge on any atom is -0.381 e. The van der Waals surface area contributed by atoms with Crippen LogP contribution in [-0.2, 0) is 9.84 Å². The van der Waals surface area contributed by atoms with Crippen LogP contribution in [0, 0.1) is 5.41 Å². The van der Waals surface area contributed by atoms with Crippen molar-refractivity contribution in [2.45, 2.75) is 63.8 Å². The van der Waals surface area contributed by atoms with Gasteiger partial charge in [-0.15, -0.1) is 0 Å². The van der Waals surface area contributed by atoms with Crippen LogP contribution in [0.5, 0.6) is 0 Å². The zero-order valence-corrected chi connectivity index (χ0v) is 14.2. The summed E-state index contributed by atoms with van der Waals surface area (Å²) in [7, 11) is -3.18. The van der Waals surface area contributed by atoms with Crippen LogP contribution in [0.4, 0.5) is 5.69 Å². The molecule has 1 unspecified atom stereocenters. The summed E-state index contributed by atoms with van der Waals surface area (Å²) in [5.41, 5.74) is 1.11. The molecule has 0 aliphatic heterocycles. The normalized spacial score (nSPS) is 22.0. The molecule has 0 radical (unpaired) electrons. The lowest BCUT2D eigenvalue weighted by Crippen LogP contribution is -2.32. The number of rotatable bonds is 5. The maximum atomic E-state index is 12.4. The van der Waals surface area contributed by atoms with Gasteiger partial charge in [0.2, 0.25) is 0 Å². The van der Waals surface area contributed by atoms with Gasteiger partial charge in [-0.2, -0.15) is 0 Å². The van der Waals surface area contributed by atoms with Crippen LogP contribution < -0.4 is 5.32 Å². The molecular weight excluding hydrogens is 282 g/mol. The molecule has 1 atom stereocenters. The van der Waals surface area contributed by atoms with Crippen LogP contribution in [0.1, 0.15) is 52.9 Å². The highest BCUT2D eigenvalue weighted by Crippen LogP contribution is 2.37. The average Bonchev–Trinajstić information content (AvgIpc) is 2.38. The smallest absolute Gasteiger partial charge is 0.180 e. The Morgan fingerprint density at radius 2 is 2.00 bits per heavy atom. The summed E-state index contributed by atoms with van der Waals surface area (Å²) in [5, 5.41) is 3.49. The van der Waals surface area contributed by atoms with Crippen molar-refractivity contribution in [2.75, 3.05) is 11.1 Å². The molecule has 0 bridgehead atoms. The Labute approximate surface area is 129 Å². The van der Waals surface area contributed by atoms with Crippen molar-refractivity contribution in [3.63, 3.8) is 0 Å². The van der Waals surface area contributed by atoms with Gasteiger partial charge in [0.15, 0.2) is 9.84 Å². The fraction of sp³-hybridized carbons (Fsp3) is 0.647. The second kappa shape index (κ2) is 6.39. The van der Waals surface area contributed by atoms with Gasteiger partial charge < -0.3 is 5.32 Å². The third-order valence-electron chi connectivity index (χ3n) is 4.26. The second-order valence-corrected chi connectivity index (χ2v) is 8.99. The molecule has 3 nitrogen and oxygen atoms in total. The monoisotopic (exact) mass is 309 g/mol. The van der Waals surface area contributed by atoms with Crippen LogP contribution >= 0.6 is 0 Å². The summed E-state index contributed by atoms with van der Waals surface area (Å²) in [4.78, 5) is 0.454. The van der Waals surface area contributed by atoms with Gasteiger partial charge in [-0.3, -0.25) is 0 Å². The van der Waals surface area contributed by atoms with E-state index in [-0.39, 0.29) is 5.75 Å². The third-order valence-corrected chi connectivity index (χ3v) is 6.23. The van der Waals surface area contributed by atoms with Crippen molar-refractivity contribution in [3.8, 4) is 0 Å². The van der Waals surface area contributed by atoms with Crippen molar-refractivity contribution in [3.05, 3.63) is 24.3 Å². The first-order chi connectivity index (χ1) is 9.84. The molecule has 1 aliphatic rings. The van der Waals surface area contributed by atoms with E-state index in [1.54, 1.807) is 12.1 Å². The van der Waals surface area contributed by atoms with Gasteiger partial charge in [0.1, 0.15) is 0 Å². The van der Waals surface area contributed by atoms with E-state index >= 15 is 0 Å². The molecule has 21 heavy (non-hydrogen) atoms. The number of sulfone groups is 1.